The maximum absolute atomic E-state index is 13.0. The van der Waals surface area contributed by atoms with Gasteiger partial charge in [0.05, 0.1) is 17.6 Å². The first kappa shape index (κ1) is 20.0. The lowest BCUT2D eigenvalue weighted by Gasteiger charge is -2.32. The molecule has 8 nitrogen and oxygen atoms in total. The van der Waals surface area contributed by atoms with E-state index in [0.29, 0.717) is 25.1 Å². The van der Waals surface area contributed by atoms with Crippen LogP contribution in [0, 0.1) is 5.92 Å². The second-order valence-electron chi connectivity index (χ2n) is 6.58. The summed E-state index contributed by atoms with van der Waals surface area (Å²) in [7, 11) is -2.57. The third-order valence-corrected chi connectivity index (χ3v) is 5.64. The number of benzene rings is 1. The molecule has 9 heteroatoms. The van der Waals surface area contributed by atoms with Crippen LogP contribution in [0.3, 0.4) is 0 Å². The van der Waals surface area contributed by atoms with Crippen molar-refractivity contribution in [3.63, 3.8) is 0 Å². The van der Waals surface area contributed by atoms with E-state index in [1.807, 2.05) is 0 Å². The molecule has 1 aliphatic rings. The molecule has 2 aromatic rings. The lowest BCUT2D eigenvalue weighted by atomic mass is 9.91. The lowest BCUT2D eigenvalue weighted by Crippen LogP contribution is -2.42. The van der Waals surface area contributed by atoms with Gasteiger partial charge in [0.15, 0.2) is 5.78 Å². The molecule has 148 valence electrons. The number of sulfonamides is 1. The first-order valence-corrected chi connectivity index (χ1v) is 10.3. The molecule has 2 heterocycles. The van der Waals surface area contributed by atoms with Crippen molar-refractivity contribution < 1.29 is 22.7 Å². The Bertz CT molecular complexity index is 992. The number of pyridine rings is 1. The Kier molecular flexibility index (Phi) is 5.76. The number of nitrogens with zero attached hydrogens (tertiary/aromatic N) is 2. The lowest BCUT2D eigenvalue weighted by molar-refractivity contribution is 0.0632. The molecule has 2 N–H and O–H groups in total. The molecule has 1 atom stereocenters. The van der Waals surface area contributed by atoms with Crippen molar-refractivity contribution in [2.75, 3.05) is 20.2 Å². The molecule has 1 aliphatic heterocycles. The van der Waals surface area contributed by atoms with Crippen LogP contribution in [0.1, 0.15) is 33.7 Å². The minimum absolute atomic E-state index is 0.0972. The molecule has 1 aromatic carbocycles. The number of ketones is 1. The molecule has 0 bridgehead atoms. The zero-order valence-electron chi connectivity index (χ0n) is 15.4. The van der Waals surface area contributed by atoms with E-state index in [4.69, 9.17) is 9.88 Å². The van der Waals surface area contributed by atoms with Crippen LogP contribution in [-0.2, 0) is 10.0 Å². The van der Waals surface area contributed by atoms with Crippen molar-refractivity contribution in [1.29, 1.82) is 0 Å². The van der Waals surface area contributed by atoms with E-state index in [2.05, 4.69) is 4.98 Å². The van der Waals surface area contributed by atoms with Crippen LogP contribution in [-0.4, -0.2) is 50.2 Å². The van der Waals surface area contributed by atoms with Crippen LogP contribution in [0.15, 0.2) is 47.5 Å². The molecule has 1 unspecified atom stereocenters. The minimum atomic E-state index is -3.96. The maximum Gasteiger partial charge on any atom is 0.257 e. The number of carbonyl (C=O) groups is 2. The van der Waals surface area contributed by atoms with Gasteiger partial charge in [-0.3, -0.25) is 14.6 Å². The van der Waals surface area contributed by atoms with Gasteiger partial charge in [0, 0.05) is 25.2 Å². The Labute approximate surface area is 163 Å². The molecule has 1 fully saturated rings. The molecule has 0 saturated carbocycles. The Morgan fingerprint density at radius 2 is 2.04 bits per heavy atom. The Morgan fingerprint density at radius 3 is 2.68 bits per heavy atom. The van der Waals surface area contributed by atoms with E-state index in [0.717, 1.165) is 0 Å². The maximum atomic E-state index is 13.0. The van der Waals surface area contributed by atoms with Gasteiger partial charge < -0.3 is 9.64 Å². The quantitative estimate of drug-likeness (QED) is 0.755. The number of piperidine rings is 1. The van der Waals surface area contributed by atoms with Crippen LogP contribution in [0.4, 0.5) is 0 Å². The summed E-state index contributed by atoms with van der Waals surface area (Å²) in [6.07, 6.45) is 2.88. The number of ether oxygens (including phenoxy) is 1. The predicted octanol–water partition coefficient (Wildman–Crippen LogP) is 1.47. The van der Waals surface area contributed by atoms with Crippen LogP contribution in [0.5, 0.6) is 5.75 Å². The van der Waals surface area contributed by atoms with Crippen molar-refractivity contribution >= 4 is 21.7 Å². The largest absolute Gasteiger partial charge is 0.496 e. The summed E-state index contributed by atoms with van der Waals surface area (Å²) in [6.45, 7) is 0.699. The molecule has 1 saturated heterocycles. The van der Waals surface area contributed by atoms with Gasteiger partial charge in [0.1, 0.15) is 11.4 Å². The highest BCUT2D eigenvalue weighted by Gasteiger charge is 2.31. The average Bonchev–Trinajstić information content (AvgIpc) is 2.72. The standard InChI is InChI=1S/C19H21N3O5S/c1-27-17-8-7-14(28(20,25)26)11-15(17)19(24)22-10-4-5-13(12-22)18(23)16-6-2-3-9-21-16/h2-3,6-9,11,13H,4-5,10,12H2,1H3,(H2,20,25,26). The summed E-state index contributed by atoms with van der Waals surface area (Å²) < 4.78 is 28.5. The van der Waals surface area contributed by atoms with Gasteiger partial charge in [-0.2, -0.15) is 0 Å². The van der Waals surface area contributed by atoms with Crippen molar-refractivity contribution in [2.24, 2.45) is 11.1 Å². The number of aromatic nitrogens is 1. The summed E-state index contributed by atoms with van der Waals surface area (Å²) in [5.74, 6) is -0.625. The number of hydrogen-bond acceptors (Lipinski definition) is 6. The summed E-state index contributed by atoms with van der Waals surface area (Å²) in [4.78, 5) is 31.2. The van der Waals surface area contributed by atoms with E-state index in [1.54, 1.807) is 29.3 Å². The minimum Gasteiger partial charge on any atom is -0.496 e. The van der Waals surface area contributed by atoms with Crippen LogP contribution in [0.25, 0.3) is 0 Å². The molecular weight excluding hydrogens is 382 g/mol. The Balaban J connectivity index is 1.85. The zero-order chi connectivity index (χ0) is 20.3. The molecule has 1 aromatic heterocycles. The van der Waals surface area contributed by atoms with Gasteiger partial charge in [-0.05, 0) is 43.2 Å². The number of nitrogens with two attached hydrogens (primary N) is 1. The molecule has 28 heavy (non-hydrogen) atoms. The van der Waals surface area contributed by atoms with Gasteiger partial charge in [-0.15, -0.1) is 0 Å². The van der Waals surface area contributed by atoms with Gasteiger partial charge >= 0.3 is 0 Å². The fraction of sp³-hybridized carbons (Fsp3) is 0.316. The van der Waals surface area contributed by atoms with Crippen molar-refractivity contribution in [2.45, 2.75) is 17.7 Å². The smallest absolute Gasteiger partial charge is 0.257 e. The van der Waals surface area contributed by atoms with E-state index < -0.39 is 15.9 Å². The second kappa shape index (κ2) is 8.07. The van der Waals surface area contributed by atoms with Crippen molar-refractivity contribution in [1.82, 2.24) is 9.88 Å². The summed E-state index contributed by atoms with van der Waals surface area (Å²) in [5, 5.41) is 5.18. The zero-order valence-corrected chi connectivity index (χ0v) is 16.2. The third-order valence-electron chi connectivity index (χ3n) is 4.73. The Morgan fingerprint density at radius 1 is 1.25 bits per heavy atom. The molecule has 1 amide bonds. The Hall–Kier alpha value is -2.78. The van der Waals surface area contributed by atoms with Gasteiger partial charge in [-0.25, -0.2) is 13.6 Å². The number of carbonyl (C=O) groups excluding carboxylic acids is 2. The molecule has 3 rings (SSSR count). The number of likely N-dealkylation sites (tertiary alicyclic amines) is 1. The van der Waals surface area contributed by atoms with E-state index in [9.17, 15) is 18.0 Å². The first-order valence-electron chi connectivity index (χ1n) is 8.76. The highest BCUT2D eigenvalue weighted by atomic mass is 32.2. The summed E-state index contributed by atoms with van der Waals surface area (Å²) >= 11 is 0. The van der Waals surface area contributed by atoms with Crippen molar-refractivity contribution in [3.05, 3.63) is 53.9 Å². The normalized spacial score (nSPS) is 17.2. The number of primary sulfonamides is 1. The molecule has 0 spiro atoms. The number of hydrogen-bond donors (Lipinski definition) is 1. The average molecular weight is 403 g/mol. The van der Waals surface area contributed by atoms with Crippen LogP contribution < -0.4 is 9.88 Å². The van der Waals surface area contributed by atoms with E-state index in [1.165, 1.54) is 25.3 Å². The fourth-order valence-electron chi connectivity index (χ4n) is 3.29. The number of methoxy groups -OCH3 is 1. The summed E-state index contributed by atoms with van der Waals surface area (Å²) in [6, 6.07) is 9.03. The predicted molar refractivity (Wildman–Crippen MR) is 102 cm³/mol. The van der Waals surface area contributed by atoms with Gasteiger partial charge in [0.2, 0.25) is 10.0 Å². The first-order chi connectivity index (χ1) is 13.3. The highest BCUT2D eigenvalue weighted by Crippen LogP contribution is 2.27. The summed E-state index contributed by atoms with van der Waals surface area (Å²) in [5.41, 5.74) is 0.468. The molecular formula is C19H21N3O5S. The number of rotatable bonds is 5. The van der Waals surface area contributed by atoms with Gasteiger partial charge in [0.25, 0.3) is 5.91 Å². The topological polar surface area (TPSA) is 120 Å². The van der Waals surface area contributed by atoms with Crippen LogP contribution >= 0.6 is 0 Å². The van der Waals surface area contributed by atoms with Gasteiger partial charge in [-0.1, -0.05) is 6.07 Å². The number of Topliss-reactive ketones (excluding diaryl/α,β-unsaturated/α-hetero) is 1. The highest BCUT2D eigenvalue weighted by molar-refractivity contribution is 7.89. The fourth-order valence-corrected chi connectivity index (χ4v) is 3.83. The molecule has 0 radical (unpaired) electrons. The van der Waals surface area contributed by atoms with Crippen LogP contribution in [0.2, 0.25) is 0 Å². The van der Waals surface area contributed by atoms with E-state index in [-0.39, 0.29) is 34.5 Å². The second-order valence-corrected chi connectivity index (χ2v) is 8.14. The van der Waals surface area contributed by atoms with Crippen molar-refractivity contribution in [3.8, 4) is 5.75 Å². The number of amides is 1. The molecule has 0 aliphatic carbocycles. The SMILES string of the molecule is COc1ccc(S(N)(=O)=O)cc1C(=O)N1CCCC(C(=O)c2ccccn2)C1. The van der Waals surface area contributed by atoms with E-state index >= 15 is 0 Å². The monoisotopic (exact) mass is 403 g/mol. The third kappa shape index (κ3) is 4.20.